The highest BCUT2D eigenvalue weighted by atomic mass is 19.4. The van der Waals surface area contributed by atoms with Crippen molar-refractivity contribution in [2.75, 3.05) is 0 Å². The molecule has 1 atom stereocenters. The Bertz CT molecular complexity index is 1270. The molecule has 1 N–H and O–H groups in total. The van der Waals surface area contributed by atoms with Crippen LogP contribution >= 0.6 is 0 Å². The monoisotopic (exact) mass is 431 g/mol. The highest BCUT2D eigenvalue weighted by Crippen LogP contribution is 2.30. The van der Waals surface area contributed by atoms with Crippen LogP contribution < -0.4 is 16.6 Å². The van der Waals surface area contributed by atoms with E-state index in [0.29, 0.717) is 4.57 Å². The fourth-order valence-corrected chi connectivity index (χ4v) is 3.64. The lowest BCUT2D eigenvalue weighted by Crippen LogP contribution is -2.44. The molecule has 1 heterocycles. The number of nitrogens with zero attached hydrogens (tertiary/aromatic N) is 2. The van der Waals surface area contributed by atoms with Gasteiger partial charge in [0, 0.05) is 6.04 Å². The van der Waals surface area contributed by atoms with E-state index in [1.807, 2.05) is 0 Å². The van der Waals surface area contributed by atoms with Crippen molar-refractivity contribution in [2.24, 2.45) is 0 Å². The normalized spacial score (nSPS) is 15.1. The van der Waals surface area contributed by atoms with Gasteiger partial charge in [0.25, 0.3) is 5.56 Å². The van der Waals surface area contributed by atoms with E-state index >= 15 is 0 Å². The number of para-hydroxylation sites is 1. The minimum atomic E-state index is -4.63. The summed E-state index contributed by atoms with van der Waals surface area (Å²) in [5, 5.41) is 3.00. The number of hydrogen-bond donors (Lipinski definition) is 1. The van der Waals surface area contributed by atoms with Gasteiger partial charge in [-0.25, -0.2) is 9.36 Å². The second kappa shape index (κ2) is 7.72. The van der Waals surface area contributed by atoms with Gasteiger partial charge in [-0.15, -0.1) is 0 Å². The van der Waals surface area contributed by atoms with Crippen LogP contribution in [0.25, 0.3) is 16.6 Å². The number of benzene rings is 2. The summed E-state index contributed by atoms with van der Waals surface area (Å²) in [5.74, 6) is -0.355. The Morgan fingerprint density at radius 1 is 1.13 bits per heavy atom. The fraction of sp³-hybridized carbons (Fsp3) is 0.318. The SMILES string of the molecule is CC[C@@H](C(=O)NC1CC1)n1c(=O)n(-c2cccc(C(F)(F)F)c2)c(=O)c2ccccc21. The summed E-state index contributed by atoms with van der Waals surface area (Å²) in [6.07, 6.45) is -2.64. The number of halogens is 3. The van der Waals surface area contributed by atoms with Gasteiger partial charge in [-0.3, -0.25) is 14.2 Å². The summed E-state index contributed by atoms with van der Waals surface area (Å²) in [6, 6.07) is 9.47. The van der Waals surface area contributed by atoms with Gasteiger partial charge in [-0.2, -0.15) is 13.2 Å². The Labute approximate surface area is 174 Å². The maximum atomic E-state index is 13.4. The minimum absolute atomic E-state index is 0.0675. The number of amides is 1. The Balaban J connectivity index is 1.99. The van der Waals surface area contributed by atoms with Crippen molar-refractivity contribution in [3.63, 3.8) is 0 Å². The van der Waals surface area contributed by atoms with Crippen LogP contribution in [0.1, 0.15) is 37.8 Å². The number of nitrogens with one attached hydrogen (secondary N) is 1. The number of alkyl halides is 3. The number of fused-ring (bicyclic) bond motifs is 1. The van der Waals surface area contributed by atoms with Gasteiger partial charge in [0.2, 0.25) is 5.91 Å². The second-order valence-corrected chi connectivity index (χ2v) is 7.57. The lowest BCUT2D eigenvalue weighted by molar-refractivity contribution is -0.137. The Hall–Kier alpha value is -3.36. The van der Waals surface area contributed by atoms with E-state index in [4.69, 9.17) is 0 Å². The molecule has 0 spiro atoms. The Morgan fingerprint density at radius 3 is 2.48 bits per heavy atom. The maximum absolute atomic E-state index is 13.4. The lowest BCUT2D eigenvalue weighted by Gasteiger charge is -2.21. The van der Waals surface area contributed by atoms with E-state index in [9.17, 15) is 27.6 Å². The van der Waals surface area contributed by atoms with Gasteiger partial charge >= 0.3 is 11.9 Å². The van der Waals surface area contributed by atoms with Crippen LogP contribution in [-0.4, -0.2) is 21.1 Å². The van der Waals surface area contributed by atoms with E-state index in [1.165, 1.54) is 16.7 Å². The molecule has 0 unspecified atom stereocenters. The van der Waals surface area contributed by atoms with Crippen LogP contribution in [-0.2, 0) is 11.0 Å². The Morgan fingerprint density at radius 2 is 1.84 bits per heavy atom. The maximum Gasteiger partial charge on any atom is 0.416 e. The zero-order valence-electron chi connectivity index (χ0n) is 16.6. The molecule has 31 heavy (non-hydrogen) atoms. The zero-order valence-corrected chi connectivity index (χ0v) is 16.6. The average Bonchev–Trinajstić information content (AvgIpc) is 3.54. The smallest absolute Gasteiger partial charge is 0.352 e. The van der Waals surface area contributed by atoms with Crippen molar-refractivity contribution in [3.8, 4) is 5.69 Å². The molecule has 0 aliphatic heterocycles. The highest BCUT2D eigenvalue weighted by molar-refractivity contribution is 5.85. The molecule has 6 nitrogen and oxygen atoms in total. The molecule has 0 bridgehead atoms. The predicted molar refractivity (Wildman–Crippen MR) is 109 cm³/mol. The first-order chi connectivity index (χ1) is 14.7. The highest BCUT2D eigenvalue weighted by Gasteiger charge is 2.32. The molecule has 2 aromatic carbocycles. The van der Waals surface area contributed by atoms with Crippen LogP contribution in [0.4, 0.5) is 13.2 Å². The number of hydrogen-bond acceptors (Lipinski definition) is 3. The lowest BCUT2D eigenvalue weighted by atomic mass is 10.1. The van der Waals surface area contributed by atoms with Crippen LogP contribution in [0.2, 0.25) is 0 Å². The summed E-state index contributed by atoms with van der Waals surface area (Å²) >= 11 is 0. The van der Waals surface area contributed by atoms with Crippen molar-refractivity contribution >= 4 is 16.8 Å². The van der Waals surface area contributed by atoms with Crippen LogP contribution in [0, 0.1) is 0 Å². The molecule has 1 amide bonds. The van der Waals surface area contributed by atoms with E-state index in [-0.39, 0.29) is 35.0 Å². The van der Waals surface area contributed by atoms with Crippen molar-refractivity contribution in [2.45, 2.75) is 44.4 Å². The number of carbonyl (C=O) groups excluding carboxylic acids is 1. The molecule has 9 heteroatoms. The molecule has 3 aromatic rings. The molecular formula is C22H20F3N3O3. The largest absolute Gasteiger partial charge is 0.416 e. The molecule has 1 saturated carbocycles. The number of aromatic nitrogens is 2. The first-order valence-electron chi connectivity index (χ1n) is 9.96. The van der Waals surface area contributed by atoms with Crippen molar-refractivity contribution in [1.82, 2.24) is 14.5 Å². The summed E-state index contributed by atoms with van der Waals surface area (Å²) in [7, 11) is 0. The van der Waals surface area contributed by atoms with Gasteiger partial charge in [-0.1, -0.05) is 25.1 Å². The third kappa shape index (κ3) is 3.87. The van der Waals surface area contributed by atoms with Crippen LogP contribution in [0.3, 0.4) is 0 Å². The topological polar surface area (TPSA) is 73.1 Å². The number of carbonyl (C=O) groups is 1. The van der Waals surface area contributed by atoms with Gasteiger partial charge in [0.05, 0.1) is 22.2 Å². The molecule has 1 aliphatic rings. The molecule has 0 saturated heterocycles. The molecule has 4 rings (SSSR count). The number of rotatable bonds is 5. The van der Waals surface area contributed by atoms with Gasteiger partial charge < -0.3 is 5.32 Å². The van der Waals surface area contributed by atoms with E-state index in [2.05, 4.69) is 5.32 Å². The van der Waals surface area contributed by atoms with Crippen molar-refractivity contribution in [3.05, 3.63) is 74.9 Å². The molecule has 1 aliphatic carbocycles. The first kappa shape index (κ1) is 20.9. The Kier molecular flexibility index (Phi) is 5.20. The predicted octanol–water partition coefficient (Wildman–Crippen LogP) is 3.40. The quantitative estimate of drug-likeness (QED) is 0.673. The van der Waals surface area contributed by atoms with E-state index in [1.54, 1.807) is 25.1 Å². The summed E-state index contributed by atoms with van der Waals surface area (Å²) in [5.41, 5.74) is -2.52. The molecule has 1 fully saturated rings. The molecule has 162 valence electrons. The van der Waals surface area contributed by atoms with Crippen molar-refractivity contribution in [1.29, 1.82) is 0 Å². The zero-order chi connectivity index (χ0) is 22.3. The summed E-state index contributed by atoms with van der Waals surface area (Å²) in [4.78, 5) is 39.4. The standard InChI is InChI=1S/C22H20F3N3O3/c1-2-17(19(29)26-14-10-11-14)28-18-9-4-3-8-16(18)20(30)27(21(28)31)15-7-5-6-13(12-15)22(23,24)25/h3-9,12,14,17H,2,10-11H2,1H3,(H,26,29)/t17-/m0/s1. The first-order valence-corrected chi connectivity index (χ1v) is 9.96. The second-order valence-electron chi connectivity index (χ2n) is 7.57. The average molecular weight is 431 g/mol. The van der Waals surface area contributed by atoms with E-state index < -0.39 is 29.0 Å². The van der Waals surface area contributed by atoms with Gasteiger partial charge in [0.15, 0.2) is 0 Å². The summed E-state index contributed by atoms with van der Waals surface area (Å²) < 4.78 is 41.5. The molecule has 0 radical (unpaired) electrons. The third-order valence-corrected chi connectivity index (χ3v) is 5.35. The molecule has 1 aromatic heterocycles. The fourth-order valence-electron chi connectivity index (χ4n) is 3.64. The minimum Gasteiger partial charge on any atom is -0.352 e. The summed E-state index contributed by atoms with van der Waals surface area (Å²) in [6.45, 7) is 1.73. The van der Waals surface area contributed by atoms with Gasteiger partial charge in [-0.05, 0) is 49.6 Å². The van der Waals surface area contributed by atoms with E-state index in [0.717, 1.165) is 31.0 Å². The van der Waals surface area contributed by atoms with Crippen LogP contribution in [0.15, 0.2) is 58.1 Å². The molecular weight excluding hydrogens is 411 g/mol. The third-order valence-electron chi connectivity index (χ3n) is 5.35. The van der Waals surface area contributed by atoms with Gasteiger partial charge in [0.1, 0.15) is 6.04 Å². The van der Waals surface area contributed by atoms with Crippen molar-refractivity contribution < 1.29 is 18.0 Å². The van der Waals surface area contributed by atoms with Crippen LogP contribution in [0.5, 0.6) is 0 Å².